The van der Waals surface area contributed by atoms with E-state index in [0.29, 0.717) is 5.92 Å². The van der Waals surface area contributed by atoms with Crippen LogP contribution in [-0.2, 0) is 4.79 Å². The maximum absolute atomic E-state index is 11.6. The molecule has 0 bridgehead atoms. The van der Waals surface area contributed by atoms with Gasteiger partial charge in [-0.1, -0.05) is 19.8 Å². The molecule has 2 saturated carbocycles. The molecule has 0 aliphatic heterocycles. The van der Waals surface area contributed by atoms with Gasteiger partial charge in [-0.25, -0.2) is 0 Å². The third-order valence-corrected chi connectivity index (χ3v) is 3.80. The normalized spacial score (nSPS) is 34.1. The van der Waals surface area contributed by atoms with Crippen LogP contribution in [0, 0.1) is 11.8 Å². The Hall–Kier alpha value is -0.570. The molecule has 2 fully saturated rings. The van der Waals surface area contributed by atoms with Crippen molar-refractivity contribution in [2.45, 2.75) is 44.6 Å². The monoisotopic (exact) mass is 196 g/mol. The smallest absolute Gasteiger partial charge is 0.240 e. The summed E-state index contributed by atoms with van der Waals surface area (Å²) in [6.07, 6.45) is 5.61. The molecular weight excluding hydrogens is 176 g/mol. The summed E-state index contributed by atoms with van der Waals surface area (Å²) in [6.45, 7) is 3.11. The standard InChI is InChI=1S/C11H20N2O/c1-8-3-2-4-9(8)7-13-10(14)11(12)5-6-11/h8-9H,2-7,12H2,1H3,(H,13,14). The van der Waals surface area contributed by atoms with Gasteiger partial charge in [0.15, 0.2) is 0 Å². The Balaban J connectivity index is 1.74. The molecule has 2 atom stereocenters. The molecule has 3 nitrogen and oxygen atoms in total. The number of hydrogen-bond donors (Lipinski definition) is 2. The van der Waals surface area contributed by atoms with E-state index >= 15 is 0 Å². The van der Waals surface area contributed by atoms with Gasteiger partial charge < -0.3 is 11.1 Å². The number of nitrogens with one attached hydrogen (secondary N) is 1. The molecule has 1 amide bonds. The van der Waals surface area contributed by atoms with Crippen LogP contribution in [0.2, 0.25) is 0 Å². The van der Waals surface area contributed by atoms with Crippen LogP contribution in [0.4, 0.5) is 0 Å². The molecule has 0 aromatic carbocycles. The number of hydrogen-bond acceptors (Lipinski definition) is 2. The van der Waals surface area contributed by atoms with Crippen molar-refractivity contribution in [1.29, 1.82) is 0 Å². The summed E-state index contributed by atoms with van der Waals surface area (Å²) in [6, 6.07) is 0. The first-order valence-electron chi connectivity index (χ1n) is 5.69. The van der Waals surface area contributed by atoms with Crippen molar-refractivity contribution in [2.75, 3.05) is 6.54 Å². The van der Waals surface area contributed by atoms with Crippen molar-refractivity contribution >= 4 is 5.91 Å². The van der Waals surface area contributed by atoms with Crippen molar-refractivity contribution in [3.8, 4) is 0 Å². The highest BCUT2D eigenvalue weighted by Gasteiger charge is 2.45. The molecular formula is C11H20N2O. The summed E-state index contributed by atoms with van der Waals surface area (Å²) in [5, 5.41) is 2.99. The van der Waals surface area contributed by atoms with Gasteiger partial charge in [0.05, 0.1) is 5.54 Å². The van der Waals surface area contributed by atoms with Crippen molar-refractivity contribution < 1.29 is 4.79 Å². The molecule has 0 aromatic heterocycles. The third kappa shape index (κ3) is 1.92. The van der Waals surface area contributed by atoms with E-state index < -0.39 is 5.54 Å². The molecule has 2 rings (SSSR count). The molecule has 0 aromatic rings. The zero-order valence-corrected chi connectivity index (χ0v) is 8.88. The van der Waals surface area contributed by atoms with Gasteiger partial charge >= 0.3 is 0 Å². The minimum atomic E-state index is -0.498. The van der Waals surface area contributed by atoms with E-state index in [1.54, 1.807) is 0 Å². The molecule has 2 aliphatic rings. The van der Waals surface area contributed by atoms with Crippen LogP contribution in [0.5, 0.6) is 0 Å². The number of amides is 1. The zero-order chi connectivity index (χ0) is 10.2. The number of nitrogens with two attached hydrogens (primary N) is 1. The fourth-order valence-electron chi connectivity index (χ4n) is 2.29. The summed E-state index contributed by atoms with van der Waals surface area (Å²) in [5.74, 6) is 1.51. The fourth-order valence-corrected chi connectivity index (χ4v) is 2.29. The lowest BCUT2D eigenvalue weighted by atomic mass is 9.98. The lowest BCUT2D eigenvalue weighted by Crippen LogP contribution is -2.44. The van der Waals surface area contributed by atoms with Crippen LogP contribution >= 0.6 is 0 Å². The Morgan fingerprint density at radius 1 is 1.50 bits per heavy atom. The SMILES string of the molecule is CC1CCCC1CNC(=O)C1(N)CC1. The first-order chi connectivity index (χ1) is 6.62. The highest BCUT2D eigenvalue weighted by atomic mass is 16.2. The quantitative estimate of drug-likeness (QED) is 0.708. The Morgan fingerprint density at radius 3 is 2.71 bits per heavy atom. The van der Waals surface area contributed by atoms with E-state index in [-0.39, 0.29) is 5.91 Å². The minimum Gasteiger partial charge on any atom is -0.354 e. The van der Waals surface area contributed by atoms with E-state index in [1.807, 2.05) is 0 Å². The van der Waals surface area contributed by atoms with Gasteiger partial charge in [-0.15, -0.1) is 0 Å². The molecule has 0 saturated heterocycles. The second-order valence-corrected chi connectivity index (χ2v) is 5.03. The summed E-state index contributed by atoms with van der Waals surface area (Å²) in [7, 11) is 0. The molecule has 2 unspecified atom stereocenters. The predicted molar refractivity (Wildman–Crippen MR) is 55.7 cm³/mol. The second kappa shape index (κ2) is 3.54. The highest BCUT2D eigenvalue weighted by Crippen LogP contribution is 2.33. The van der Waals surface area contributed by atoms with Crippen LogP contribution in [0.1, 0.15) is 39.0 Å². The van der Waals surface area contributed by atoms with Crippen LogP contribution in [-0.4, -0.2) is 18.0 Å². The number of carbonyl (C=O) groups excluding carboxylic acids is 1. The van der Waals surface area contributed by atoms with Gasteiger partial charge in [-0.2, -0.15) is 0 Å². The summed E-state index contributed by atoms with van der Waals surface area (Å²) in [4.78, 5) is 11.6. The number of carbonyl (C=O) groups is 1. The van der Waals surface area contributed by atoms with Crippen LogP contribution in [0.3, 0.4) is 0 Å². The Bertz CT molecular complexity index is 235. The van der Waals surface area contributed by atoms with Crippen LogP contribution in [0.25, 0.3) is 0 Å². The molecule has 14 heavy (non-hydrogen) atoms. The Labute approximate surface area is 85.4 Å². The van der Waals surface area contributed by atoms with E-state index in [9.17, 15) is 4.79 Å². The molecule has 0 spiro atoms. The van der Waals surface area contributed by atoms with Crippen molar-refractivity contribution in [3.63, 3.8) is 0 Å². The van der Waals surface area contributed by atoms with Gasteiger partial charge in [0, 0.05) is 6.54 Å². The van der Waals surface area contributed by atoms with Crippen molar-refractivity contribution in [2.24, 2.45) is 17.6 Å². The maximum Gasteiger partial charge on any atom is 0.240 e. The summed E-state index contributed by atoms with van der Waals surface area (Å²) >= 11 is 0. The first-order valence-corrected chi connectivity index (χ1v) is 5.69. The van der Waals surface area contributed by atoms with E-state index in [1.165, 1.54) is 19.3 Å². The van der Waals surface area contributed by atoms with Gasteiger partial charge in [-0.3, -0.25) is 4.79 Å². The average Bonchev–Trinajstić information content (AvgIpc) is 2.77. The zero-order valence-electron chi connectivity index (χ0n) is 8.88. The lowest BCUT2D eigenvalue weighted by Gasteiger charge is -2.17. The maximum atomic E-state index is 11.6. The van der Waals surface area contributed by atoms with E-state index in [0.717, 1.165) is 25.3 Å². The molecule has 3 N–H and O–H groups in total. The summed E-state index contributed by atoms with van der Waals surface area (Å²) < 4.78 is 0. The second-order valence-electron chi connectivity index (χ2n) is 5.03. The van der Waals surface area contributed by atoms with Crippen LogP contribution in [0.15, 0.2) is 0 Å². The molecule has 0 radical (unpaired) electrons. The van der Waals surface area contributed by atoms with Crippen LogP contribution < -0.4 is 11.1 Å². The molecule has 0 heterocycles. The predicted octanol–water partition coefficient (Wildman–Crippen LogP) is 1.03. The van der Waals surface area contributed by atoms with Gasteiger partial charge in [0.1, 0.15) is 0 Å². The van der Waals surface area contributed by atoms with Gasteiger partial charge in [-0.05, 0) is 31.1 Å². The number of rotatable bonds is 3. The first kappa shape index (κ1) is 9.97. The third-order valence-electron chi connectivity index (χ3n) is 3.80. The largest absolute Gasteiger partial charge is 0.354 e. The molecule has 80 valence electrons. The van der Waals surface area contributed by atoms with E-state index in [2.05, 4.69) is 12.2 Å². The van der Waals surface area contributed by atoms with Gasteiger partial charge in [0.2, 0.25) is 5.91 Å². The van der Waals surface area contributed by atoms with Crippen molar-refractivity contribution in [3.05, 3.63) is 0 Å². The summed E-state index contributed by atoms with van der Waals surface area (Å²) in [5.41, 5.74) is 5.30. The van der Waals surface area contributed by atoms with Gasteiger partial charge in [0.25, 0.3) is 0 Å². The molecule has 3 heteroatoms. The molecule has 2 aliphatic carbocycles. The van der Waals surface area contributed by atoms with E-state index in [4.69, 9.17) is 5.73 Å². The fraction of sp³-hybridized carbons (Fsp3) is 0.909. The highest BCUT2D eigenvalue weighted by molar-refractivity contribution is 5.88. The lowest BCUT2D eigenvalue weighted by molar-refractivity contribution is -0.123. The average molecular weight is 196 g/mol. The topological polar surface area (TPSA) is 55.1 Å². The minimum absolute atomic E-state index is 0.0663. The van der Waals surface area contributed by atoms with Crippen molar-refractivity contribution in [1.82, 2.24) is 5.32 Å². The Morgan fingerprint density at radius 2 is 2.21 bits per heavy atom. The Kier molecular flexibility index (Phi) is 2.52.